The van der Waals surface area contributed by atoms with Gasteiger partial charge in [-0.1, -0.05) is 135 Å². The second-order valence-corrected chi connectivity index (χ2v) is 18.6. The average Bonchev–Trinajstić information content (AvgIpc) is 3.27. The Balaban J connectivity index is 1.91. The predicted molar refractivity (Wildman–Crippen MR) is 269 cm³/mol. The number of carboxylic acids is 2. The number of ether oxygens (including phenoxy) is 2. The molecule has 2 aliphatic carbocycles. The molecule has 0 aromatic heterocycles. The third-order valence-corrected chi connectivity index (χ3v) is 11.3. The van der Waals surface area contributed by atoms with Crippen LogP contribution in [0.1, 0.15) is 108 Å². The fourth-order valence-corrected chi connectivity index (χ4v) is 7.47. The molecule has 16 nitrogen and oxygen atoms in total. The summed E-state index contributed by atoms with van der Waals surface area (Å²) in [6, 6.07) is -1.27. The van der Waals surface area contributed by atoms with E-state index >= 15 is 0 Å². The van der Waals surface area contributed by atoms with Crippen LogP contribution in [0.25, 0.3) is 0 Å². The van der Waals surface area contributed by atoms with Gasteiger partial charge in [-0.15, -0.1) is 0 Å². The molecule has 2 unspecified atom stereocenters. The SMILES string of the molecule is CC1=C(/C=C/C(C)=C/C=C/C(C)=C/C=C/C=C(C)/C=C/C=C(C)/C=C/C2=C(C)C(=O)C(OC(=O)CNC(=O)NCCCC(=O)O)CC2(C)C)C(C)(C)CC(OC(=O)CNC(=O)NCCCC(=O)O)C1=O. The monoisotopic (exact) mass is 969 g/mol. The fourth-order valence-electron chi connectivity index (χ4n) is 7.47. The van der Waals surface area contributed by atoms with Crippen molar-refractivity contribution in [3.8, 4) is 0 Å². The Hall–Kier alpha value is -7.10. The molecule has 0 saturated carbocycles. The highest BCUT2D eigenvalue weighted by Crippen LogP contribution is 2.42. The van der Waals surface area contributed by atoms with Crippen LogP contribution in [0.15, 0.2) is 130 Å². The van der Waals surface area contributed by atoms with Crippen molar-refractivity contribution in [3.05, 3.63) is 130 Å². The molecule has 0 radical (unpaired) electrons. The molecule has 2 rings (SSSR count). The number of allylic oxidation sites excluding steroid dienone is 20. The van der Waals surface area contributed by atoms with Crippen LogP contribution in [0.3, 0.4) is 0 Å². The van der Waals surface area contributed by atoms with Crippen molar-refractivity contribution in [3.63, 3.8) is 0 Å². The molecule has 70 heavy (non-hydrogen) atoms. The van der Waals surface area contributed by atoms with Gasteiger partial charge in [-0.25, -0.2) is 9.59 Å². The summed E-state index contributed by atoms with van der Waals surface area (Å²) in [7, 11) is 0. The van der Waals surface area contributed by atoms with Gasteiger partial charge in [-0.2, -0.15) is 0 Å². The van der Waals surface area contributed by atoms with E-state index in [0.29, 0.717) is 11.1 Å². The highest BCUT2D eigenvalue weighted by molar-refractivity contribution is 6.02. The van der Waals surface area contributed by atoms with E-state index in [-0.39, 0.29) is 63.2 Å². The quantitative estimate of drug-likeness (QED) is 0.0304. The number of carbonyl (C=O) groups excluding carboxylic acids is 6. The lowest BCUT2D eigenvalue weighted by Gasteiger charge is -2.36. The number of hydrogen-bond acceptors (Lipinski definition) is 10. The zero-order valence-corrected chi connectivity index (χ0v) is 42.3. The Kier molecular flexibility index (Phi) is 24.5. The second-order valence-electron chi connectivity index (χ2n) is 18.6. The molecule has 16 heteroatoms. The molecule has 0 aromatic rings. The van der Waals surface area contributed by atoms with Gasteiger partial charge >= 0.3 is 35.9 Å². The van der Waals surface area contributed by atoms with Crippen molar-refractivity contribution in [1.82, 2.24) is 21.3 Å². The minimum Gasteiger partial charge on any atom is -0.481 e. The zero-order valence-electron chi connectivity index (χ0n) is 42.3. The molecule has 2 aliphatic rings. The first kappa shape index (κ1) is 59.0. The van der Waals surface area contributed by atoms with Crippen LogP contribution >= 0.6 is 0 Å². The average molecular weight is 969 g/mol. The maximum absolute atomic E-state index is 13.2. The fraction of sp³-hybridized carbons (Fsp3) is 0.444. The maximum atomic E-state index is 13.2. The first-order valence-electron chi connectivity index (χ1n) is 23.3. The van der Waals surface area contributed by atoms with E-state index in [4.69, 9.17) is 19.7 Å². The largest absolute Gasteiger partial charge is 0.481 e. The van der Waals surface area contributed by atoms with E-state index in [2.05, 4.69) is 21.3 Å². The highest BCUT2D eigenvalue weighted by atomic mass is 16.6. The van der Waals surface area contributed by atoms with Gasteiger partial charge in [-0.05, 0) is 87.5 Å². The van der Waals surface area contributed by atoms with Gasteiger partial charge < -0.3 is 41.0 Å². The number of esters is 2. The van der Waals surface area contributed by atoms with Crippen molar-refractivity contribution >= 4 is 47.5 Å². The van der Waals surface area contributed by atoms with Crippen LogP contribution in [-0.4, -0.2) is 96.1 Å². The lowest BCUT2D eigenvalue weighted by Crippen LogP contribution is -2.43. The summed E-state index contributed by atoms with van der Waals surface area (Å²) in [5.74, 6) is -4.02. The minimum absolute atomic E-state index is 0.0879. The molecule has 0 aliphatic heterocycles. The van der Waals surface area contributed by atoms with E-state index in [1.54, 1.807) is 13.8 Å². The summed E-state index contributed by atoms with van der Waals surface area (Å²) in [4.78, 5) is 96.3. The van der Waals surface area contributed by atoms with Crippen LogP contribution in [0, 0.1) is 10.8 Å². The summed E-state index contributed by atoms with van der Waals surface area (Å²) in [5.41, 5.74) is 5.74. The van der Waals surface area contributed by atoms with E-state index < -0.39 is 72.1 Å². The summed E-state index contributed by atoms with van der Waals surface area (Å²) in [6.07, 6.45) is 26.4. The molecule has 380 valence electrons. The number of ketones is 2. The Labute approximate surface area is 412 Å². The molecule has 0 fully saturated rings. The maximum Gasteiger partial charge on any atom is 0.326 e. The first-order valence-corrected chi connectivity index (χ1v) is 23.3. The van der Waals surface area contributed by atoms with Crippen molar-refractivity contribution in [2.24, 2.45) is 10.8 Å². The Morgan fingerprint density at radius 1 is 0.543 bits per heavy atom. The molecule has 0 spiro atoms. The van der Waals surface area contributed by atoms with E-state index in [9.17, 15) is 38.4 Å². The molecular weight excluding hydrogens is 897 g/mol. The highest BCUT2D eigenvalue weighted by Gasteiger charge is 2.41. The van der Waals surface area contributed by atoms with Crippen molar-refractivity contribution in [2.45, 2.75) is 120 Å². The number of hydrogen-bond donors (Lipinski definition) is 6. The summed E-state index contributed by atoms with van der Waals surface area (Å²) in [5, 5.41) is 27.0. The van der Waals surface area contributed by atoms with E-state index in [1.165, 1.54) is 0 Å². The number of carbonyl (C=O) groups is 8. The van der Waals surface area contributed by atoms with Crippen LogP contribution in [0.2, 0.25) is 0 Å². The van der Waals surface area contributed by atoms with Gasteiger partial charge in [0.25, 0.3) is 0 Å². The van der Waals surface area contributed by atoms with Crippen molar-refractivity contribution < 1.29 is 58.0 Å². The number of rotatable bonds is 24. The van der Waals surface area contributed by atoms with Crippen molar-refractivity contribution in [2.75, 3.05) is 26.2 Å². The zero-order chi connectivity index (χ0) is 52.6. The standard InChI is InChI=1S/C54H72N4O12/c1-35(19-13-21-37(3)25-27-41-39(5)49(65)43(31-53(41,7)8)69-47(63)33-57-51(67)55-29-15-23-45(59)60)17-11-12-18-36(2)20-14-22-38(4)26-28-42-40(6)50(66)44(32-54(42,9)10)70-48(64)34-58-52(68)56-30-16-24-46(61)62/h11-14,17-22,25-28,43-44H,15-16,23-24,29-34H2,1-10H3,(H,59,60)(H,61,62)(H2,55,57,67)(H2,56,58,68)/b12-11+,19-13+,20-14+,27-25+,28-26+,35-17+,36-18+,37-21+,38-22+. The van der Waals surface area contributed by atoms with Crippen LogP contribution in [0.4, 0.5) is 9.59 Å². The first-order chi connectivity index (χ1) is 32.8. The Bertz CT molecular complexity index is 2170. The number of amides is 4. The normalized spacial score (nSPS) is 19.2. The second kappa shape index (κ2) is 29.0. The van der Waals surface area contributed by atoms with Gasteiger partial charge in [-0.3, -0.25) is 28.8 Å². The number of aliphatic carboxylic acids is 2. The smallest absolute Gasteiger partial charge is 0.326 e. The topological polar surface area (TPSA) is 244 Å². The molecule has 2 atom stereocenters. The lowest BCUT2D eigenvalue weighted by molar-refractivity contribution is -0.155. The van der Waals surface area contributed by atoms with Crippen LogP contribution < -0.4 is 21.3 Å². The molecule has 0 aromatic carbocycles. The Morgan fingerprint density at radius 2 is 0.871 bits per heavy atom. The molecule has 0 saturated heterocycles. The van der Waals surface area contributed by atoms with Gasteiger partial charge in [0, 0.05) is 38.8 Å². The molecule has 0 bridgehead atoms. The van der Waals surface area contributed by atoms with Crippen molar-refractivity contribution in [1.29, 1.82) is 0 Å². The van der Waals surface area contributed by atoms with E-state index in [0.717, 1.165) is 33.4 Å². The number of Topliss-reactive ketones (excluding diaryl/α,β-unsaturated/α-hetero) is 2. The van der Waals surface area contributed by atoms with E-state index in [1.807, 2.05) is 140 Å². The molecule has 0 heterocycles. The molecule has 6 N–H and O–H groups in total. The molecular formula is C54H72N4O12. The third-order valence-electron chi connectivity index (χ3n) is 11.3. The Morgan fingerprint density at radius 3 is 1.21 bits per heavy atom. The summed E-state index contributed by atoms with van der Waals surface area (Å²) < 4.78 is 10.9. The summed E-state index contributed by atoms with van der Waals surface area (Å²) in [6.45, 7) is 18.7. The van der Waals surface area contributed by atoms with Gasteiger partial charge in [0.05, 0.1) is 0 Å². The lowest BCUT2D eigenvalue weighted by atomic mass is 9.71. The van der Waals surface area contributed by atoms with Crippen LogP contribution in [0.5, 0.6) is 0 Å². The van der Waals surface area contributed by atoms with Crippen LogP contribution in [-0.2, 0) is 38.2 Å². The summed E-state index contributed by atoms with van der Waals surface area (Å²) >= 11 is 0. The third kappa shape index (κ3) is 21.9. The van der Waals surface area contributed by atoms with Gasteiger partial charge in [0.1, 0.15) is 13.1 Å². The minimum atomic E-state index is -0.980. The predicted octanol–water partition coefficient (Wildman–Crippen LogP) is 8.34. The number of carboxylic acid groups (broad SMARTS) is 2. The molecule has 4 amide bonds. The van der Waals surface area contributed by atoms with Gasteiger partial charge in [0.15, 0.2) is 23.8 Å². The number of nitrogens with one attached hydrogen (secondary N) is 4. The van der Waals surface area contributed by atoms with Gasteiger partial charge in [0.2, 0.25) is 0 Å². The number of urea groups is 2.